The van der Waals surface area contributed by atoms with Gasteiger partial charge in [0.15, 0.2) is 0 Å². The molecule has 0 saturated carbocycles. The first-order chi connectivity index (χ1) is 9.10. The fraction of sp³-hybridized carbons (Fsp3) is 0.267. The number of hydrogen-bond donors (Lipinski definition) is 1. The predicted octanol–water partition coefficient (Wildman–Crippen LogP) is 3.75. The fourth-order valence-corrected chi connectivity index (χ4v) is 2.16. The normalized spacial score (nSPS) is 10.5. The van der Waals surface area contributed by atoms with Gasteiger partial charge in [-0.05, 0) is 56.1 Å². The third-order valence-corrected chi connectivity index (χ3v) is 3.37. The second-order valence-electron chi connectivity index (χ2n) is 4.52. The summed E-state index contributed by atoms with van der Waals surface area (Å²) in [6.45, 7) is 4.64. The van der Waals surface area contributed by atoms with E-state index in [2.05, 4.69) is 27.0 Å². The molecular weight excluding hydrogens is 304 g/mol. The summed E-state index contributed by atoms with van der Waals surface area (Å²) in [4.78, 5) is 4.37. The summed E-state index contributed by atoms with van der Waals surface area (Å²) in [5, 5.41) is 0. The second-order valence-corrected chi connectivity index (χ2v) is 5.43. The first-order valence-electron chi connectivity index (χ1n) is 6.19. The van der Waals surface area contributed by atoms with Crippen LogP contribution in [0.3, 0.4) is 0 Å². The van der Waals surface area contributed by atoms with E-state index in [0.29, 0.717) is 12.4 Å². The Morgan fingerprint density at radius 1 is 1.21 bits per heavy atom. The number of benzene rings is 1. The minimum Gasteiger partial charge on any atom is -0.438 e. The Bertz CT molecular complexity index is 584. The minimum atomic E-state index is 0.631. The highest BCUT2D eigenvalue weighted by Crippen LogP contribution is 2.28. The van der Waals surface area contributed by atoms with E-state index in [1.807, 2.05) is 38.2 Å². The van der Waals surface area contributed by atoms with Crippen LogP contribution in [0.4, 0.5) is 0 Å². The van der Waals surface area contributed by atoms with E-state index in [1.54, 1.807) is 0 Å². The molecule has 2 rings (SSSR count). The lowest BCUT2D eigenvalue weighted by molar-refractivity contribution is 0.455. The fourth-order valence-electron chi connectivity index (χ4n) is 1.82. The largest absolute Gasteiger partial charge is 0.438 e. The van der Waals surface area contributed by atoms with Crippen LogP contribution in [-0.2, 0) is 6.42 Å². The number of pyridine rings is 1. The van der Waals surface area contributed by atoms with Crippen molar-refractivity contribution in [3.05, 3.63) is 51.6 Å². The van der Waals surface area contributed by atoms with Gasteiger partial charge < -0.3 is 10.5 Å². The van der Waals surface area contributed by atoms with Crippen molar-refractivity contribution >= 4 is 15.9 Å². The van der Waals surface area contributed by atoms with Gasteiger partial charge in [-0.1, -0.05) is 22.0 Å². The average molecular weight is 321 g/mol. The predicted molar refractivity (Wildman–Crippen MR) is 80.7 cm³/mol. The SMILES string of the molecule is Cc1ccc(Br)cc1Oc1ncc(CCN)cc1C. The number of nitrogens with two attached hydrogens (primary N) is 1. The molecule has 3 nitrogen and oxygen atoms in total. The van der Waals surface area contributed by atoms with E-state index in [4.69, 9.17) is 10.5 Å². The summed E-state index contributed by atoms with van der Waals surface area (Å²) in [5.74, 6) is 1.46. The highest BCUT2D eigenvalue weighted by molar-refractivity contribution is 9.10. The molecule has 0 unspecified atom stereocenters. The third-order valence-electron chi connectivity index (χ3n) is 2.88. The van der Waals surface area contributed by atoms with Gasteiger partial charge >= 0.3 is 0 Å². The molecule has 0 aliphatic carbocycles. The van der Waals surface area contributed by atoms with Crippen LogP contribution in [0.2, 0.25) is 0 Å². The highest BCUT2D eigenvalue weighted by Gasteiger charge is 2.07. The van der Waals surface area contributed by atoms with Crippen molar-refractivity contribution < 1.29 is 4.74 Å². The molecule has 1 heterocycles. The first-order valence-corrected chi connectivity index (χ1v) is 6.99. The van der Waals surface area contributed by atoms with E-state index in [0.717, 1.165) is 33.3 Å². The Labute approximate surface area is 121 Å². The van der Waals surface area contributed by atoms with E-state index in [1.165, 1.54) is 0 Å². The van der Waals surface area contributed by atoms with Crippen molar-refractivity contribution in [2.45, 2.75) is 20.3 Å². The molecule has 1 aromatic carbocycles. The van der Waals surface area contributed by atoms with Gasteiger partial charge in [-0.3, -0.25) is 0 Å². The van der Waals surface area contributed by atoms with Gasteiger partial charge in [0.2, 0.25) is 5.88 Å². The van der Waals surface area contributed by atoms with Crippen LogP contribution in [0.25, 0.3) is 0 Å². The summed E-state index contributed by atoms with van der Waals surface area (Å²) in [7, 11) is 0. The zero-order chi connectivity index (χ0) is 13.8. The molecule has 0 aliphatic rings. The van der Waals surface area contributed by atoms with Crippen LogP contribution >= 0.6 is 15.9 Å². The van der Waals surface area contributed by atoms with Crippen molar-refractivity contribution in [1.29, 1.82) is 0 Å². The molecule has 19 heavy (non-hydrogen) atoms. The Morgan fingerprint density at radius 2 is 2.00 bits per heavy atom. The number of aryl methyl sites for hydroxylation is 2. The standard InChI is InChI=1S/C15H17BrN2O/c1-10-3-4-13(16)8-14(10)19-15-11(2)7-12(5-6-17)9-18-15/h3-4,7-9H,5-6,17H2,1-2H3. The molecular formula is C15H17BrN2O. The number of hydrogen-bond acceptors (Lipinski definition) is 3. The van der Waals surface area contributed by atoms with Crippen LogP contribution < -0.4 is 10.5 Å². The van der Waals surface area contributed by atoms with Gasteiger partial charge in [0.1, 0.15) is 5.75 Å². The van der Waals surface area contributed by atoms with Crippen LogP contribution in [0, 0.1) is 13.8 Å². The van der Waals surface area contributed by atoms with E-state index >= 15 is 0 Å². The highest BCUT2D eigenvalue weighted by atomic mass is 79.9. The van der Waals surface area contributed by atoms with E-state index in [-0.39, 0.29) is 0 Å². The lowest BCUT2D eigenvalue weighted by Crippen LogP contribution is -2.04. The van der Waals surface area contributed by atoms with Crippen molar-refractivity contribution in [2.24, 2.45) is 5.73 Å². The molecule has 0 saturated heterocycles. The Morgan fingerprint density at radius 3 is 2.68 bits per heavy atom. The molecule has 100 valence electrons. The number of nitrogens with zero attached hydrogens (tertiary/aromatic N) is 1. The molecule has 0 radical (unpaired) electrons. The second kappa shape index (κ2) is 6.17. The van der Waals surface area contributed by atoms with Gasteiger partial charge in [-0.2, -0.15) is 0 Å². The van der Waals surface area contributed by atoms with Crippen molar-refractivity contribution in [3.63, 3.8) is 0 Å². The van der Waals surface area contributed by atoms with E-state index < -0.39 is 0 Å². The zero-order valence-corrected chi connectivity index (χ0v) is 12.7. The maximum atomic E-state index is 5.88. The Hall–Kier alpha value is -1.39. The minimum absolute atomic E-state index is 0.631. The molecule has 0 spiro atoms. The maximum Gasteiger partial charge on any atom is 0.222 e. The van der Waals surface area contributed by atoms with Gasteiger partial charge in [0.25, 0.3) is 0 Å². The lowest BCUT2D eigenvalue weighted by Gasteiger charge is -2.11. The monoisotopic (exact) mass is 320 g/mol. The maximum absolute atomic E-state index is 5.88. The Kier molecular flexibility index (Phi) is 4.56. The summed E-state index contributed by atoms with van der Waals surface area (Å²) in [6, 6.07) is 8.02. The smallest absolute Gasteiger partial charge is 0.222 e. The molecule has 0 bridgehead atoms. The molecule has 0 atom stereocenters. The van der Waals surface area contributed by atoms with Gasteiger partial charge in [-0.25, -0.2) is 4.98 Å². The average Bonchev–Trinajstić information content (AvgIpc) is 2.37. The zero-order valence-electron chi connectivity index (χ0n) is 11.1. The van der Waals surface area contributed by atoms with Gasteiger partial charge in [0, 0.05) is 16.2 Å². The lowest BCUT2D eigenvalue weighted by atomic mass is 10.1. The summed E-state index contributed by atoms with van der Waals surface area (Å²) in [5.41, 5.74) is 8.78. The van der Waals surface area contributed by atoms with Gasteiger partial charge in [0.05, 0.1) is 0 Å². The van der Waals surface area contributed by atoms with Crippen molar-refractivity contribution in [1.82, 2.24) is 4.98 Å². The van der Waals surface area contributed by atoms with E-state index in [9.17, 15) is 0 Å². The van der Waals surface area contributed by atoms with Crippen LogP contribution in [0.15, 0.2) is 34.9 Å². The number of ether oxygens (including phenoxy) is 1. The molecule has 1 aromatic heterocycles. The number of aromatic nitrogens is 1. The quantitative estimate of drug-likeness (QED) is 0.933. The van der Waals surface area contributed by atoms with Gasteiger partial charge in [-0.15, -0.1) is 0 Å². The molecule has 0 aliphatic heterocycles. The molecule has 2 N–H and O–H groups in total. The van der Waals surface area contributed by atoms with Crippen LogP contribution in [0.5, 0.6) is 11.6 Å². The van der Waals surface area contributed by atoms with Crippen molar-refractivity contribution in [3.8, 4) is 11.6 Å². The van der Waals surface area contributed by atoms with Crippen LogP contribution in [0.1, 0.15) is 16.7 Å². The Balaban J connectivity index is 2.25. The number of halogens is 1. The third kappa shape index (κ3) is 3.55. The summed E-state index contributed by atoms with van der Waals surface area (Å²) >= 11 is 3.45. The first kappa shape index (κ1) is 14.0. The van der Waals surface area contributed by atoms with Crippen LogP contribution in [-0.4, -0.2) is 11.5 Å². The van der Waals surface area contributed by atoms with Crippen molar-refractivity contribution in [2.75, 3.05) is 6.54 Å². The molecule has 0 amide bonds. The summed E-state index contributed by atoms with van der Waals surface area (Å²) in [6.07, 6.45) is 2.66. The topological polar surface area (TPSA) is 48.1 Å². The molecule has 0 fully saturated rings. The molecule has 2 aromatic rings. The number of rotatable bonds is 4. The summed E-state index contributed by atoms with van der Waals surface area (Å²) < 4.78 is 6.87. The molecule has 4 heteroatoms.